The van der Waals surface area contributed by atoms with Gasteiger partial charge in [-0.05, 0) is 142 Å². The molecule has 0 radical (unpaired) electrons. The number of aromatic amines is 1. The van der Waals surface area contributed by atoms with Crippen LogP contribution in [0.5, 0.6) is 11.5 Å². The largest absolute Gasteiger partial charge is 0.508 e. The Morgan fingerprint density at radius 2 is 0.926 bits per heavy atom. The average molecular weight is 1500 g/mol. The lowest BCUT2D eigenvalue weighted by atomic mass is 9.83. The molecule has 2 saturated heterocycles. The number of carbonyl (C=O) groups excluding carboxylic acids is 13. The maximum atomic E-state index is 15.2. The minimum Gasteiger partial charge on any atom is -0.508 e. The van der Waals surface area contributed by atoms with Gasteiger partial charge in [0.2, 0.25) is 76.8 Å². The summed E-state index contributed by atoms with van der Waals surface area (Å²) in [6, 6.07) is -0.304. The first-order chi connectivity index (χ1) is 51.5. The third kappa shape index (κ3) is 26.6. The van der Waals surface area contributed by atoms with Crippen LogP contribution in [0.25, 0.3) is 11.0 Å². The van der Waals surface area contributed by atoms with E-state index in [1.165, 1.54) is 68.6 Å². The van der Waals surface area contributed by atoms with Gasteiger partial charge < -0.3 is 94.5 Å². The third-order valence-electron chi connectivity index (χ3n) is 19.5. The highest BCUT2D eigenvalue weighted by molar-refractivity contribution is 6.00. The van der Waals surface area contributed by atoms with Crippen LogP contribution in [0.2, 0.25) is 0 Å². The van der Waals surface area contributed by atoms with E-state index in [0.717, 1.165) is 6.42 Å². The molecule has 0 unspecified atom stereocenters. The number of rotatable bonds is 11. The van der Waals surface area contributed by atoms with Crippen LogP contribution in [-0.4, -0.2) is 199 Å². The molecule has 4 aromatic rings. The fourth-order valence-electron chi connectivity index (χ4n) is 13.3. The molecule has 2 aromatic carbocycles. The Hall–Kier alpha value is -10.2. The number of hydrogen-bond donors (Lipinski definition) is 18. The number of hydrogen-bond acceptors (Lipinski definition) is 18. The van der Waals surface area contributed by atoms with Crippen molar-refractivity contribution in [3.8, 4) is 11.5 Å². The third-order valence-corrected chi connectivity index (χ3v) is 19.5. The van der Waals surface area contributed by atoms with Gasteiger partial charge in [0.05, 0.1) is 12.2 Å². The molecule has 2 bridgehead atoms. The Labute approximate surface area is 628 Å². The van der Waals surface area contributed by atoms with Gasteiger partial charge in [0, 0.05) is 75.9 Å². The van der Waals surface area contributed by atoms with Crippen molar-refractivity contribution in [3.63, 3.8) is 0 Å². The Bertz CT molecular complexity index is 3740. The molecular weight excluding hydrogens is 1390 g/mol. The van der Waals surface area contributed by atoms with Gasteiger partial charge in [-0.15, -0.1) is 0 Å². The topological polar surface area (TPSA) is 488 Å². The number of pyridine rings is 1. The number of nitrogens with one attached hydrogen (secondary N) is 14. The molecule has 13 amide bonds. The van der Waals surface area contributed by atoms with E-state index in [1.54, 1.807) is 46.0 Å². The summed E-state index contributed by atoms with van der Waals surface area (Å²) in [6.45, 7) is 9.54. The molecule has 3 fully saturated rings. The Morgan fingerprint density at radius 1 is 0.444 bits per heavy atom. The molecule has 4 heterocycles. The molecule has 2 aliphatic heterocycles. The Balaban J connectivity index is 1.29. The van der Waals surface area contributed by atoms with Gasteiger partial charge in [0.1, 0.15) is 77.6 Å². The molecule has 18 N–H and O–H groups in total. The SMILES string of the molecule is CCC[C@@H]1NC(=O)[C@H](Cc2c[nH]c3ncccc23)NC(=O)[C@H]([C@@H](C)O)NC(=O)[C@@H]2CCCCNC(=O)CC[C@@H](NC1=O)C(=O)N[C@@H](Cc1ccc(O)cc1)C(=O)N[C@@H](C1CCCCC1)C(=O)N[C@@H]([C@@H](C)O)C(=O)NCCCC(=O)NCCCCCC(=O)N[C@@H](C(C)(C)C)C(=O)N[C@@H](Cc1ccc(O)cc1)C(=O)N2. The number of H-pyrrole nitrogens is 1. The summed E-state index contributed by atoms with van der Waals surface area (Å²) in [6.07, 6.45) is 3.20. The van der Waals surface area contributed by atoms with E-state index in [0.29, 0.717) is 72.7 Å². The zero-order valence-corrected chi connectivity index (χ0v) is 62.4. The minimum absolute atomic E-state index is 0.00725. The summed E-state index contributed by atoms with van der Waals surface area (Å²) in [4.78, 5) is 196. The number of aliphatic hydroxyl groups excluding tert-OH is 2. The van der Waals surface area contributed by atoms with Crippen molar-refractivity contribution in [2.24, 2.45) is 11.3 Å². The number of nitrogens with zero attached hydrogens (tertiary/aromatic N) is 1. The molecule has 1 aliphatic carbocycles. The summed E-state index contributed by atoms with van der Waals surface area (Å²) in [5.41, 5.74) is 0.814. The maximum absolute atomic E-state index is 15.2. The highest BCUT2D eigenvalue weighted by Gasteiger charge is 2.41. The smallest absolute Gasteiger partial charge is 0.245 e. The number of aliphatic hydroxyl groups is 2. The van der Waals surface area contributed by atoms with E-state index in [1.807, 2.05) is 0 Å². The molecule has 2 aromatic heterocycles. The second-order valence-electron chi connectivity index (χ2n) is 29.5. The van der Waals surface area contributed by atoms with E-state index < -0.39 is 168 Å². The Morgan fingerprint density at radius 3 is 1.54 bits per heavy atom. The molecule has 0 spiro atoms. The molecule has 32 nitrogen and oxygen atoms in total. The first-order valence-electron chi connectivity index (χ1n) is 37.6. The minimum atomic E-state index is -1.83. The lowest BCUT2D eigenvalue weighted by Gasteiger charge is -2.33. The summed E-state index contributed by atoms with van der Waals surface area (Å²) in [5.74, 6) is -11.2. The van der Waals surface area contributed by atoms with Crippen molar-refractivity contribution < 1.29 is 82.8 Å². The van der Waals surface area contributed by atoms with Gasteiger partial charge in [-0.3, -0.25) is 62.3 Å². The lowest BCUT2D eigenvalue weighted by Crippen LogP contribution is -2.63. The van der Waals surface area contributed by atoms with Crippen LogP contribution >= 0.6 is 0 Å². The number of phenols is 2. The van der Waals surface area contributed by atoms with Crippen molar-refractivity contribution in [1.29, 1.82) is 0 Å². The second kappa shape index (κ2) is 41.8. The molecule has 1 saturated carbocycles. The molecule has 12 atom stereocenters. The molecule has 108 heavy (non-hydrogen) atoms. The number of fused-ring (bicyclic) bond motifs is 10. The highest BCUT2D eigenvalue weighted by atomic mass is 16.3. The maximum Gasteiger partial charge on any atom is 0.245 e. The average Bonchev–Trinajstić information content (AvgIpc) is 1.61. The van der Waals surface area contributed by atoms with Gasteiger partial charge in [-0.1, -0.05) is 84.1 Å². The quantitative estimate of drug-likeness (QED) is 0.0983. The van der Waals surface area contributed by atoms with Crippen LogP contribution in [-0.2, 0) is 81.6 Å². The summed E-state index contributed by atoms with van der Waals surface area (Å²) < 4.78 is 0. The van der Waals surface area contributed by atoms with E-state index >= 15 is 14.4 Å². The zero-order chi connectivity index (χ0) is 78.6. The van der Waals surface area contributed by atoms with Crippen LogP contribution < -0.4 is 69.1 Å². The van der Waals surface area contributed by atoms with Crippen LogP contribution in [0.3, 0.4) is 0 Å². The standard InChI is InChI=1S/C76H109N15O17/c1-7-18-52-66(99)84-54-33-34-59(97)78-36-15-13-22-53(68(101)89-62(44(3)93)73(106)86-57(70(103)82-52)41-48-42-81-65-51(48)21-16-37-79-65)83-69(102)55(39-45-25-29-49(94)30-26-45)87-75(108)64(76(4,5)6)88-60(98)23-12-9-14-35-77-58(96)24-17-38-80-72(105)61(43(2)92)90-74(107)63(47-19-10-8-11-20-47)91-71(104)56(85-67(54)100)40-46-27-31-50(95)32-28-46/h16,21,25-32,37,42-44,47,52-57,61-64,92-95H,7-15,17-20,22-24,33-36,38-41H2,1-6H3,(H,77,96)(H,78,97)(H,79,81)(H,80,105)(H,82,103)(H,83,102)(H,84,99)(H,85,100)(H,86,106)(H,87,108)(H,88,98)(H,89,101)(H,90,107)(H,91,104)/t43-,44-,52+,53+,54-,55+,56+,57+,61+,62+,63+,64-/m1/s1. The van der Waals surface area contributed by atoms with Crippen molar-refractivity contribution in [3.05, 3.63) is 89.7 Å². The van der Waals surface area contributed by atoms with Crippen LogP contribution in [0, 0.1) is 11.3 Å². The molecular formula is C76H109N15O17. The fourth-order valence-corrected chi connectivity index (χ4v) is 13.3. The van der Waals surface area contributed by atoms with Crippen LogP contribution in [0.1, 0.15) is 174 Å². The zero-order valence-electron chi connectivity index (χ0n) is 62.4. The van der Waals surface area contributed by atoms with Crippen molar-refractivity contribution >= 4 is 87.8 Å². The second-order valence-corrected chi connectivity index (χ2v) is 29.5. The number of aromatic hydroxyl groups is 2. The van der Waals surface area contributed by atoms with Gasteiger partial charge in [-0.2, -0.15) is 0 Å². The molecule has 7 rings (SSSR count). The molecule has 590 valence electrons. The predicted octanol–water partition coefficient (Wildman–Crippen LogP) is 0.705. The number of phenolic OH excluding ortho intramolecular Hbond substituents is 2. The number of carbonyl (C=O) groups is 13. The van der Waals surface area contributed by atoms with Crippen LogP contribution in [0.4, 0.5) is 0 Å². The van der Waals surface area contributed by atoms with Crippen molar-refractivity contribution in [2.45, 2.75) is 249 Å². The highest BCUT2D eigenvalue weighted by Crippen LogP contribution is 2.28. The van der Waals surface area contributed by atoms with Gasteiger partial charge >= 0.3 is 0 Å². The summed E-state index contributed by atoms with van der Waals surface area (Å²) >= 11 is 0. The van der Waals surface area contributed by atoms with Gasteiger partial charge in [-0.25, -0.2) is 4.98 Å². The first kappa shape index (κ1) is 85.0. The van der Waals surface area contributed by atoms with Crippen molar-refractivity contribution in [1.82, 2.24) is 79.1 Å². The van der Waals surface area contributed by atoms with E-state index in [4.69, 9.17) is 0 Å². The lowest BCUT2D eigenvalue weighted by molar-refractivity contribution is -0.137. The predicted molar refractivity (Wildman–Crippen MR) is 397 cm³/mol. The van der Waals surface area contributed by atoms with E-state index in [9.17, 15) is 68.4 Å². The summed E-state index contributed by atoms with van der Waals surface area (Å²) in [5, 5.41) is 78.9. The first-order valence-corrected chi connectivity index (χ1v) is 37.6. The summed E-state index contributed by atoms with van der Waals surface area (Å²) in [7, 11) is 0. The van der Waals surface area contributed by atoms with Gasteiger partial charge in [0.15, 0.2) is 0 Å². The fraction of sp³-hybridized carbons (Fsp3) is 0.579. The van der Waals surface area contributed by atoms with Crippen molar-refractivity contribution in [2.75, 3.05) is 19.6 Å². The van der Waals surface area contributed by atoms with E-state index in [2.05, 4.69) is 79.1 Å². The number of amides is 13. The Kier molecular flexibility index (Phi) is 32.9. The normalized spacial score (nSPS) is 25.7. The van der Waals surface area contributed by atoms with E-state index in [-0.39, 0.29) is 108 Å². The number of benzene rings is 2. The molecule has 32 heteroatoms. The monoisotopic (exact) mass is 1500 g/mol. The molecule has 3 aliphatic rings. The van der Waals surface area contributed by atoms with Crippen LogP contribution in [0.15, 0.2) is 73.1 Å². The number of aromatic nitrogens is 2. The van der Waals surface area contributed by atoms with Gasteiger partial charge in [0.25, 0.3) is 0 Å².